The van der Waals surface area contributed by atoms with E-state index in [1.54, 1.807) is 0 Å². The minimum absolute atomic E-state index is 0.182. The van der Waals surface area contributed by atoms with Gasteiger partial charge < -0.3 is 4.98 Å². The fourth-order valence-electron chi connectivity index (χ4n) is 1.97. The summed E-state index contributed by atoms with van der Waals surface area (Å²) in [5.74, 6) is 0. The van der Waals surface area contributed by atoms with Crippen molar-refractivity contribution in [1.82, 2.24) is 4.98 Å². The molecule has 0 amide bonds. The summed E-state index contributed by atoms with van der Waals surface area (Å²) < 4.78 is 0. The molecular formula is C15H14N2O. The van der Waals surface area contributed by atoms with Gasteiger partial charge in [0.05, 0.1) is 0 Å². The molecule has 1 heterocycles. The number of hydrogen-bond acceptors (Lipinski definition) is 2. The standard InChI is InChI=1S/C15H14N2O/c1-2-6-12-9-13(11-7-4-3-5-8-11)14(10-16)15(18)17-12/h3-5,7-9H,2,6H2,1H3,(H,17,18). The maximum absolute atomic E-state index is 11.9. The average molecular weight is 238 g/mol. The Balaban J connectivity index is 2.65. The summed E-state index contributed by atoms with van der Waals surface area (Å²) in [6.45, 7) is 2.05. The van der Waals surface area contributed by atoms with Crippen molar-refractivity contribution in [3.05, 3.63) is 58.0 Å². The second-order valence-electron chi connectivity index (χ2n) is 4.14. The van der Waals surface area contributed by atoms with Crippen LogP contribution in [0.15, 0.2) is 41.2 Å². The van der Waals surface area contributed by atoms with Gasteiger partial charge in [-0.3, -0.25) is 4.79 Å². The number of pyridine rings is 1. The van der Waals surface area contributed by atoms with Crippen LogP contribution >= 0.6 is 0 Å². The normalized spacial score (nSPS) is 10.0. The van der Waals surface area contributed by atoms with E-state index in [2.05, 4.69) is 11.9 Å². The smallest absolute Gasteiger partial charge is 0.266 e. The molecule has 0 aliphatic rings. The van der Waals surface area contributed by atoms with Crippen LogP contribution in [0.25, 0.3) is 11.1 Å². The fraction of sp³-hybridized carbons (Fsp3) is 0.200. The Morgan fingerprint density at radius 1 is 1.28 bits per heavy atom. The lowest BCUT2D eigenvalue weighted by molar-refractivity contribution is 0.874. The number of aryl methyl sites for hydroxylation is 1. The molecule has 0 aliphatic carbocycles. The van der Waals surface area contributed by atoms with Crippen LogP contribution in [-0.4, -0.2) is 4.98 Å². The number of nitrogens with one attached hydrogen (secondary N) is 1. The van der Waals surface area contributed by atoms with Gasteiger partial charge in [-0.05, 0) is 18.1 Å². The van der Waals surface area contributed by atoms with Crippen molar-refractivity contribution in [3.8, 4) is 17.2 Å². The Bertz CT molecular complexity index is 636. The molecule has 0 spiro atoms. The van der Waals surface area contributed by atoms with Crippen molar-refractivity contribution in [2.75, 3.05) is 0 Å². The van der Waals surface area contributed by atoms with Crippen LogP contribution in [0.1, 0.15) is 24.6 Å². The SMILES string of the molecule is CCCc1cc(-c2ccccc2)c(C#N)c(=O)[nH]1. The summed E-state index contributed by atoms with van der Waals surface area (Å²) in [6, 6.07) is 13.4. The van der Waals surface area contributed by atoms with Crippen molar-refractivity contribution < 1.29 is 0 Å². The summed E-state index contributed by atoms with van der Waals surface area (Å²) in [6.07, 6.45) is 1.76. The number of nitriles is 1. The van der Waals surface area contributed by atoms with Crippen LogP contribution < -0.4 is 5.56 Å². The molecule has 2 aromatic rings. The lowest BCUT2D eigenvalue weighted by Gasteiger charge is -2.06. The van der Waals surface area contributed by atoms with Crippen LogP contribution in [0.2, 0.25) is 0 Å². The first-order valence-corrected chi connectivity index (χ1v) is 5.98. The van der Waals surface area contributed by atoms with Gasteiger partial charge in [0.2, 0.25) is 0 Å². The number of H-pyrrole nitrogens is 1. The van der Waals surface area contributed by atoms with Gasteiger partial charge in [0, 0.05) is 11.3 Å². The maximum Gasteiger partial charge on any atom is 0.266 e. The second kappa shape index (κ2) is 5.33. The molecule has 0 saturated carbocycles. The molecule has 0 aliphatic heterocycles. The molecule has 0 atom stereocenters. The largest absolute Gasteiger partial charge is 0.325 e. The molecule has 3 heteroatoms. The molecule has 0 unspecified atom stereocenters. The summed E-state index contributed by atoms with van der Waals surface area (Å²) in [4.78, 5) is 14.6. The first-order chi connectivity index (χ1) is 8.76. The van der Waals surface area contributed by atoms with Crippen molar-refractivity contribution >= 4 is 0 Å². The van der Waals surface area contributed by atoms with Gasteiger partial charge in [-0.2, -0.15) is 5.26 Å². The molecule has 0 bridgehead atoms. The summed E-state index contributed by atoms with van der Waals surface area (Å²) in [7, 11) is 0. The van der Waals surface area contributed by atoms with E-state index in [4.69, 9.17) is 5.26 Å². The number of aromatic amines is 1. The van der Waals surface area contributed by atoms with E-state index in [0.717, 1.165) is 24.1 Å². The van der Waals surface area contributed by atoms with E-state index in [-0.39, 0.29) is 11.1 Å². The molecule has 1 aromatic carbocycles. The molecule has 2 rings (SSSR count). The summed E-state index contributed by atoms with van der Waals surface area (Å²) in [5, 5.41) is 9.11. The Kier molecular flexibility index (Phi) is 3.59. The lowest BCUT2D eigenvalue weighted by Crippen LogP contribution is -2.14. The Morgan fingerprint density at radius 3 is 2.61 bits per heavy atom. The van der Waals surface area contributed by atoms with Gasteiger partial charge in [-0.1, -0.05) is 43.7 Å². The zero-order chi connectivity index (χ0) is 13.0. The van der Waals surface area contributed by atoms with Gasteiger partial charge in [-0.15, -0.1) is 0 Å². The van der Waals surface area contributed by atoms with Gasteiger partial charge >= 0.3 is 0 Å². The number of hydrogen-bond donors (Lipinski definition) is 1. The third-order valence-electron chi connectivity index (χ3n) is 2.80. The first kappa shape index (κ1) is 12.1. The minimum Gasteiger partial charge on any atom is -0.325 e. The quantitative estimate of drug-likeness (QED) is 0.893. The van der Waals surface area contributed by atoms with E-state index in [9.17, 15) is 4.79 Å². The van der Waals surface area contributed by atoms with Crippen molar-refractivity contribution in [2.45, 2.75) is 19.8 Å². The van der Waals surface area contributed by atoms with E-state index >= 15 is 0 Å². The predicted octanol–water partition coefficient (Wildman–Crippen LogP) is 2.87. The third kappa shape index (κ3) is 2.33. The van der Waals surface area contributed by atoms with Gasteiger partial charge in [-0.25, -0.2) is 0 Å². The molecule has 18 heavy (non-hydrogen) atoms. The van der Waals surface area contributed by atoms with Crippen molar-refractivity contribution in [1.29, 1.82) is 5.26 Å². The van der Waals surface area contributed by atoms with Gasteiger partial charge in [0.25, 0.3) is 5.56 Å². The van der Waals surface area contributed by atoms with E-state index in [0.29, 0.717) is 5.56 Å². The third-order valence-corrected chi connectivity index (χ3v) is 2.80. The van der Waals surface area contributed by atoms with Crippen LogP contribution in [0.3, 0.4) is 0 Å². The highest BCUT2D eigenvalue weighted by molar-refractivity contribution is 5.70. The first-order valence-electron chi connectivity index (χ1n) is 5.98. The van der Waals surface area contributed by atoms with Crippen LogP contribution in [-0.2, 0) is 6.42 Å². The molecule has 1 N–H and O–H groups in total. The second-order valence-corrected chi connectivity index (χ2v) is 4.14. The van der Waals surface area contributed by atoms with Crippen LogP contribution in [0.4, 0.5) is 0 Å². The monoisotopic (exact) mass is 238 g/mol. The molecular weight excluding hydrogens is 224 g/mol. The summed E-state index contributed by atoms with van der Waals surface area (Å²) in [5.41, 5.74) is 2.37. The van der Waals surface area contributed by atoms with E-state index in [1.165, 1.54) is 0 Å². The van der Waals surface area contributed by atoms with E-state index in [1.807, 2.05) is 42.5 Å². The maximum atomic E-state index is 11.9. The molecule has 0 radical (unpaired) electrons. The minimum atomic E-state index is -0.303. The Morgan fingerprint density at radius 2 is 2.00 bits per heavy atom. The number of nitrogens with zero attached hydrogens (tertiary/aromatic N) is 1. The molecule has 90 valence electrons. The molecule has 0 fully saturated rings. The molecule has 0 saturated heterocycles. The Hall–Kier alpha value is -2.34. The number of benzene rings is 1. The highest BCUT2D eigenvalue weighted by Crippen LogP contribution is 2.21. The van der Waals surface area contributed by atoms with Gasteiger partial charge in [0.15, 0.2) is 0 Å². The van der Waals surface area contributed by atoms with Crippen molar-refractivity contribution in [3.63, 3.8) is 0 Å². The van der Waals surface area contributed by atoms with Crippen molar-refractivity contribution in [2.24, 2.45) is 0 Å². The highest BCUT2D eigenvalue weighted by Gasteiger charge is 2.10. The van der Waals surface area contributed by atoms with E-state index < -0.39 is 0 Å². The molecule has 1 aromatic heterocycles. The summed E-state index contributed by atoms with van der Waals surface area (Å²) >= 11 is 0. The zero-order valence-corrected chi connectivity index (χ0v) is 10.2. The van der Waals surface area contributed by atoms with Crippen LogP contribution in [0.5, 0.6) is 0 Å². The number of aromatic nitrogens is 1. The molecule has 3 nitrogen and oxygen atoms in total. The fourth-order valence-corrected chi connectivity index (χ4v) is 1.97. The highest BCUT2D eigenvalue weighted by atomic mass is 16.1. The average Bonchev–Trinajstić information content (AvgIpc) is 2.39. The van der Waals surface area contributed by atoms with Gasteiger partial charge in [0.1, 0.15) is 11.6 Å². The lowest BCUT2D eigenvalue weighted by atomic mass is 10.0. The number of rotatable bonds is 3. The topological polar surface area (TPSA) is 56.6 Å². The Labute approximate surface area is 106 Å². The zero-order valence-electron chi connectivity index (χ0n) is 10.2. The predicted molar refractivity (Wildman–Crippen MR) is 71.2 cm³/mol. The van der Waals surface area contributed by atoms with Crippen LogP contribution in [0, 0.1) is 11.3 Å².